The molecular weight excluding hydrogens is 216 g/mol. The molecule has 64 valence electrons. The van der Waals surface area contributed by atoms with Crippen LogP contribution in [0.15, 0.2) is 6.20 Å². The van der Waals surface area contributed by atoms with E-state index in [1.807, 2.05) is 13.1 Å². The van der Waals surface area contributed by atoms with E-state index in [4.69, 9.17) is 0 Å². The summed E-state index contributed by atoms with van der Waals surface area (Å²) in [7, 11) is 0. The minimum Gasteiger partial charge on any atom is -0.241 e. The molecule has 1 heterocycles. The highest BCUT2D eigenvalue weighted by molar-refractivity contribution is 9.08. The van der Waals surface area contributed by atoms with E-state index in [2.05, 4.69) is 25.9 Å². The Labute approximate surface area is 80.6 Å². The first-order valence-corrected chi connectivity index (χ1v) is 5.32. The molecule has 0 radical (unpaired) electrons. The van der Waals surface area contributed by atoms with Crippen molar-refractivity contribution in [2.24, 2.45) is 0 Å². The molecule has 1 aliphatic carbocycles. The molecule has 1 aliphatic rings. The molecule has 1 saturated carbocycles. The lowest BCUT2D eigenvalue weighted by Gasteiger charge is -2.02. The van der Waals surface area contributed by atoms with Gasteiger partial charge in [-0.1, -0.05) is 15.9 Å². The van der Waals surface area contributed by atoms with Gasteiger partial charge in [0.25, 0.3) is 0 Å². The second-order valence-corrected chi connectivity index (χ2v) is 3.81. The number of nitrogens with zero attached hydrogens (tertiary/aromatic N) is 2. The van der Waals surface area contributed by atoms with Crippen LogP contribution in [0.5, 0.6) is 0 Å². The summed E-state index contributed by atoms with van der Waals surface area (Å²) in [6, 6.07) is 0. The minimum atomic E-state index is 0.660. The van der Waals surface area contributed by atoms with Crippen molar-refractivity contribution >= 4 is 15.9 Å². The van der Waals surface area contributed by atoms with Crippen LogP contribution in [-0.4, -0.2) is 9.97 Å². The molecule has 3 heteroatoms. The quantitative estimate of drug-likeness (QED) is 0.725. The first kappa shape index (κ1) is 8.17. The number of hydrogen-bond acceptors (Lipinski definition) is 2. The standard InChI is InChI=1S/C9H11BrN2/c1-6-8(4-10)5-11-9(12-6)7-2-3-7/h5,7H,2-4H2,1H3. The zero-order valence-electron chi connectivity index (χ0n) is 7.05. The van der Waals surface area contributed by atoms with E-state index in [1.165, 1.54) is 18.4 Å². The lowest BCUT2D eigenvalue weighted by Crippen LogP contribution is -1.97. The van der Waals surface area contributed by atoms with Crippen LogP contribution >= 0.6 is 15.9 Å². The van der Waals surface area contributed by atoms with E-state index in [0.717, 1.165) is 16.8 Å². The van der Waals surface area contributed by atoms with Gasteiger partial charge in [0.05, 0.1) is 0 Å². The monoisotopic (exact) mass is 226 g/mol. The van der Waals surface area contributed by atoms with Crippen LogP contribution in [0, 0.1) is 6.92 Å². The zero-order chi connectivity index (χ0) is 8.55. The fraction of sp³-hybridized carbons (Fsp3) is 0.556. The SMILES string of the molecule is Cc1nc(C2CC2)ncc1CBr. The summed E-state index contributed by atoms with van der Waals surface area (Å²) in [5, 5.41) is 0.851. The van der Waals surface area contributed by atoms with Crippen LogP contribution in [0.25, 0.3) is 0 Å². The number of hydrogen-bond donors (Lipinski definition) is 0. The Hall–Kier alpha value is -0.440. The maximum Gasteiger partial charge on any atom is 0.131 e. The average Bonchev–Trinajstić information content (AvgIpc) is 2.86. The highest BCUT2D eigenvalue weighted by atomic mass is 79.9. The summed E-state index contributed by atoms with van der Waals surface area (Å²) in [6.45, 7) is 2.05. The van der Waals surface area contributed by atoms with Crippen molar-refractivity contribution in [3.63, 3.8) is 0 Å². The Morgan fingerprint density at radius 2 is 2.33 bits per heavy atom. The second kappa shape index (κ2) is 3.13. The van der Waals surface area contributed by atoms with E-state index in [9.17, 15) is 0 Å². The molecule has 0 saturated heterocycles. The first-order valence-electron chi connectivity index (χ1n) is 4.19. The maximum atomic E-state index is 4.46. The van der Waals surface area contributed by atoms with Gasteiger partial charge in [0.1, 0.15) is 5.82 Å². The molecule has 0 N–H and O–H groups in total. The van der Waals surface area contributed by atoms with E-state index in [-0.39, 0.29) is 0 Å². The van der Waals surface area contributed by atoms with Crippen molar-refractivity contribution in [1.29, 1.82) is 0 Å². The highest BCUT2D eigenvalue weighted by Gasteiger charge is 2.26. The van der Waals surface area contributed by atoms with Gasteiger partial charge in [-0.25, -0.2) is 9.97 Å². The lowest BCUT2D eigenvalue weighted by atomic mass is 10.2. The van der Waals surface area contributed by atoms with E-state index in [0.29, 0.717) is 5.92 Å². The van der Waals surface area contributed by atoms with Crippen molar-refractivity contribution in [1.82, 2.24) is 9.97 Å². The predicted molar refractivity (Wildman–Crippen MR) is 51.4 cm³/mol. The molecule has 0 bridgehead atoms. The molecule has 0 aliphatic heterocycles. The molecule has 1 aromatic rings. The summed E-state index contributed by atoms with van der Waals surface area (Å²) in [5.74, 6) is 1.70. The van der Waals surface area contributed by atoms with Crippen LogP contribution in [0.1, 0.15) is 35.8 Å². The minimum absolute atomic E-state index is 0.660. The van der Waals surface area contributed by atoms with E-state index < -0.39 is 0 Å². The Morgan fingerprint density at radius 1 is 1.58 bits per heavy atom. The average molecular weight is 227 g/mol. The van der Waals surface area contributed by atoms with Gasteiger partial charge < -0.3 is 0 Å². The van der Waals surface area contributed by atoms with Gasteiger partial charge >= 0.3 is 0 Å². The van der Waals surface area contributed by atoms with Crippen LogP contribution in [-0.2, 0) is 5.33 Å². The molecule has 1 aromatic heterocycles. The number of rotatable bonds is 2. The molecule has 12 heavy (non-hydrogen) atoms. The third-order valence-corrected chi connectivity index (χ3v) is 2.79. The molecular formula is C9H11BrN2. The summed E-state index contributed by atoms with van der Waals surface area (Å²) in [4.78, 5) is 8.80. The molecule has 0 spiro atoms. The second-order valence-electron chi connectivity index (χ2n) is 3.25. The zero-order valence-corrected chi connectivity index (χ0v) is 8.63. The van der Waals surface area contributed by atoms with Crippen LogP contribution in [0.3, 0.4) is 0 Å². The molecule has 2 rings (SSSR count). The van der Waals surface area contributed by atoms with Gasteiger partial charge in [0.2, 0.25) is 0 Å². The fourth-order valence-electron chi connectivity index (χ4n) is 1.18. The first-order chi connectivity index (χ1) is 5.81. The molecule has 0 atom stereocenters. The van der Waals surface area contributed by atoms with Crippen molar-refractivity contribution in [2.75, 3.05) is 0 Å². The predicted octanol–water partition coefficient (Wildman–Crippen LogP) is 2.56. The summed E-state index contributed by atoms with van der Waals surface area (Å²) in [5.41, 5.74) is 2.31. The lowest BCUT2D eigenvalue weighted by molar-refractivity contribution is 0.892. The molecule has 0 amide bonds. The Morgan fingerprint density at radius 3 is 2.83 bits per heavy atom. The smallest absolute Gasteiger partial charge is 0.131 e. The van der Waals surface area contributed by atoms with Crippen molar-refractivity contribution < 1.29 is 0 Å². The van der Waals surface area contributed by atoms with E-state index >= 15 is 0 Å². The van der Waals surface area contributed by atoms with Crippen LogP contribution < -0.4 is 0 Å². The Bertz CT molecular complexity index is 295. The molecule has 0 unspecified atom stereocenters. The van der Waals surface area contributed by atoms with Gasteiger partial charge in [0, 0.05) is 28.7 Å². The molecule has 0 aromatic carbocycles. The van der Waals surface area contributed by atoms with Gasteiger partial charge in [-0.2, -0.15) is 0 Å². The Balaban J connectivity index is 2.30. The van der Waals surface area contributed by atoms with Gasteiger partial charge in [-0.3, -0.25) is 0 Å². The summed E-state index contributed by atoms with van der Waals surface area (Å²) < 4.78 is 0. The van der Waals surface area contributed by atoms with Gasteiger partial charge in [-0.05, 0) is 19.8 Å². The number of alkyl halides is 1. The summed E-state index contributed by atoms with van der Waals surface area (Å²) in [6.07, 6.45) is 4.48. The number of aryl methyl sites for hydroxylation is 1. The molecule has 1 fully saturated rings. The summed E-state index contributed by atoms with van der Waals surface area (Å²) >= 11 is 3.41. The third kappa shape index (κ3) is 1.51. The maximum absolute atomic E-state index is 4.46. The van der Waals surface area contributed by atoms with Crippen LogP contribution in [0.4, 0.5) is 0 Å². The highest BCUT2D eigenvalue weighted by Crippen LogP contribution is 2.37. The van der Waals surface area contributed by atoms with Crippen molar-refractivity contribution in [3.8, 4) is 0 Å². The number of halogens is 1. The van der Waals surface area contributed by atoms with Crippen molar-refractivity contribution in [3.05, 3.63) is 23.3 Å². The fourth-order valence-corrected chi connectivity index (χ4v) is 1.73. The van der Waals surface area contributed by atoms with Crippen LogP contribution in [0.2, 0.25) is 0 Å². The van der Waals surface area contributed by atoms with Gasteiger partial charge in [0.15, 0.2) is 0 Å². The van der Waals surface area contributed by atoms with Gasteiger partial charge in [-0.15, -0.1) is 0 Å². The topological polar surface area (TPSA) is 25.8 Å². The number of aromatic nitrogens is 2. The van der Waals surface area contributed by atoms with Crippen molar-refractivity contribution in [2.45, 2.75) is 31.0 Å². The largest absolute Gasteiger partial charge is 0.241 e. The Kier molecular flexibility index (Phi) is 2.13. The van der Waals surface area contributed by atoms with E-state index in [1.54, 1.807) is 0 Å². The third-order valence-electron chi connectivity index (χ3n) is 2.19. The normalized spacial score (nSPS) is 16.5. The molecule has 2 nitrogen and oxygen atoms in total.